The maximum Gasteiger partial charge on any atom is 0.219 e. The molecule has 0 aromatic rings. The molecular formula is C4H5NO4. The Hall–Kier alpha value is -1.26. The van der Waals surface area contributed by atoms with Gasteiger partial charge in [0.15, 0.2) is 0 Å². The van der Waals surface area contributed by atoms with Crippen LogP contribution in [0.15, 0.2) is 0 Å². The van der Waals surface area contributed by atoms with Crippen molar-refractivity contribution in [3.8, 4) is 0 Å². The third-order valence-electron chi connectivity index (χ3n) is 0.709. The summed E-state index contributed by atoms with van der Waals surface area (Å²) in [5.41, 5.74) is 0. The lowest BCUT2D eigenvalue weighted by Gasteiger charge is -1.90. The van der Waals surface area contributed by atoms with Gasteiger partial charge < -0.3 is 9.59 Å². The largest absolute Gasteiger partial charge is 0.302 e. The van der Waals surface area contributed by atoms with Crippen LogP contribution < -0.4 is 0 Å². The molecule has 0 rings (SSSR count). The van der Waals surface area contributed by atoms with Gasteiger partial charge in [-0.2, -0.15) is 0 Å². The average Bonchev–Trinajstić information content (AvgIpc) is 1.82. The molecule has 0 unspecified atom stereocenters. The zero-order chi connectivity index (χ0) is 7.28. The number of carbonyl (C=O) groups is 2. The van der Waals surface area contributed by atoms with Gasteiger partial charge in [0.25, 0.3) is 0 Å². The molecule has 0 heterocycles. The van der Waals surface area contributed by atoms with Crippen LogP contribution in [0.25, 0.3) is 0 Å². The van der Waals surface area contributed by atoms with Crippen LogP contribution in [0.1, 0.15) is 0 Å². The molecule has 5 heteroatoms. The summed E-state index contributed by atoms with van der Waals surface area (Å²) in [7, 11) is 0. The van der Waals surface area contributed by atoms with Gasteiger partial charge in [-0.3, -0.25) is 10.1 Å². The SMILES string of the molecule is O=CC(C=O)C[N+](=O)[O-]. The summed E-state index contributed by atoms with van der Waals surface area (Å²) in [6.45, 7) is -0.604. The maximum absolute atomic E-state index is 9.74. The molecule has 50 valence electrons. The van der Waals surface area contributed by atoms with Gasteiger partial charge in [0, 0.05) is 4.92 Å². The Balaban J connectivity index is 3.68. The van der Waals surface area contributed by atoms with E-state index in [4.69, 9.17) is 0 Å². The lowest BCUT2D eigenvalue weighted by Crippen LogP contribution is -2.16. The fourth-order valence-corrected chi connectivity index (χ4v) is 0.290. The van der Waals surface area contributed by atoms with Crippen molar-refractivity contribution in [1.82, 2.24) is 0 Å². The van der Waals surface area contributed by atoms with E-state index in [0.29, 0.717) is 0 Å². The molecule has 0 spiro atoms. The molecule has 0 atom stereocenters. The van der Waals surface area contributed by atoms with Gasteiger partial charge in [-0.1, -0.05) is 0 Å². The van der Waals surface area contributed by atoms with E-state index < -0.39 is 17.4 Å². The van der Waals surface area contributed by atoms with Gasteiger partial charge >= 0.3 is 0 Å². The Kier molecular flexibility index (Phi) is 3.19. The highest BCUT2D eigenvalue weighted by atomic mass is 16.6. The second kappa shape index (κ2) is 3.71. The number of hydrogen-bond acceptors (Lipinski definition) is 4. The molecule has 0 radical (unpaired) electrons. The molecule has 0 fully saturated rings. The van der Waals surface area contributed by atoms with E-state index in [0.717, 1.165) is 0 Å². The number of rotatable bonds is 4. The second-order valence-corrected chi connectivity index (χ2v) is 1.45. The van der Waals surface area contributed by atoms with Crippen molar-refractivity contribution in [3.05, 3.63) is 10.1 Å². The molecule has 0 bridgehead atoms. The molecule has 0 amide bonds. The molecule has 0 saturated carbocycles. The molecule has 0 aliphatic carbocycles. The molecule has 0 aliphatic heterocycles. The summed E-state index contributed by atoms with van der Waals surface area (Å²) in [4.78, 5) is 28.4. The molecule has 9 heavy (non-hydrogen) atoms. The Morgan fingerprint density at radius 1 is 1.44 bits per heavy atom. The van der Waals surface area contributed by atoms with Crippen LogP contribution in [0.2, 0.25) is 0 Å². The van der Waals surface area contributed by atoms with Crippen molar-refractivity contribution in [2.45, 2.75) is 0 Å². The smallest absolute Gasteiger partial charge is 0.219 e. The Morgan fingerprint density at radius 3 is 2.00 bits per heavy atom. The quantitative estimate of drug-likeness (QED) is 0.218. The molecule has 0 N–H and O–H groups in total. The van der Waals surface area contributed by atoms with Crippen molar-refractivity contribution in [2.75, 3.05) is 6.54 Å². The van der Waals surface area contributed by atoms with E-state index in [1.807, 2.05) is 0 Å². The van der Waals surface area contributed by atoms with E-state index in [1.54, 1.807) is 0 Å². The summed E-state index contributed by atoms with van der Waals surface area (Å²) in [5, 5.41) is 9.62. The number of nitrogens with zero attached hydrogens (tertiary/aromatic N) is 1. The first-order chi connectivity index (χ1) is 4.20. The highest BCUT2D eigenvalue weighted by Crippen LogP contribution is 1.84. The maximum atomic E-state index is 9.74. The lowest BCUT2D eigenvalue weighted by atomic mass is 10.2. The van der Waals surface area contributed by atoms with Crippen LogP contribution in [0.4, 0.5) is 0 Å². The topological polar surface area (TPSA) is 77.3 Å². The molecule has 0 aromatic heterocycles. The third-order valence-corrected chi connectivity index (χ3v) is 0.709. The van der Waals surface area contributed by atoms with Crippen LogP contribution in [-0.4, -0.2) is 24.0 Å². The van der Waals surface area contributed by atoms with Crippen molar-refractivity contribution in [3.63, 3.8) is 0 Å². The number of hydrogen-bond donors (Lipinski definition) is 0. The lowest BCUT2D eigenvalue weighted by molar-refractivity contribution is -0.482. The molecule has 0 saturated heterocycles. The van der Waals surface area contributed by atoms with Crippen LogP contribution >= 0.6 is 0 Å². The fraction of sp³-hybridized carbons (Fsp3) is 0.500. The number of nitro groups is 1. The van der Waals surface area contributed by atoms with Crippen molar-refractivity contribution in [2.24, 2.45) is 5.92 Å². The molecule has 5 nitrogen and oxygen atoms in total. The van der Waals surface area contributed by atoms with Crippen LogP contribution in [-0.2, 0) is 9.59 Å². The van der Waals surface area contributed by atoms with Gasteiger partial charge in [-0.25, -0.2) is 0 Å². The molecular weight excluding hydrogens is 126 g/mol. The standard InChI is InChI=1S/C4H5NO4/c6-2-4(3-7)1-5(8)9/h2-4H,1H2. The van der Waals surface area contributed by atoms with Crippen molar-refractivity contribution >= 4 is 12.6 Å². The van der Waals surface area contributed by atoms with Gasteiger partial charge in [-0.05, 0) is 0 Å². The highest BCUT2D eigenvalue weighted by Gasteiger charge is 2.11. The van der Waals surface area contributed by atoms with Gasteiger partial charge in [0.1, 0.15) is 18.5 Å². The van der Waals surface area contributed by atoms with Crippen LogP contribution in [0.5, 0.6) is 0 Å². The first kappa shape index (κ1) is 7.74. The zero-order valence-corrected chi connectivity index (χ0v) is 4.52. The highest BCUT2D eigenvalue weighted by molar-refractivity contribution is 5.77. The predicted molar refractivity (Wildman–Crippen MR) is 27.5 cm³/mol. The van der Waals surface area contributed by atoms with E-state index in [2.05, 4.69) is 0 Å². The summed E-state index contributed by atoms with van der Waals surface area (Å²) in [5.74, 6) is -1.08. The van der Waals surface area contributed by atoms with Gasteiger partial charge in [0.2, 0.25) is 6.54 Å². The first-order valence-corrected chi connectivity index (χ1v) is 2.23. The minimum absolute atomic E-state index is 0.260. The minimum atomic E-state index is -1.08. The summed E-state index contributed by atoms with van der Waals surface area (Å²) in [6, 6.07) is 0. The minimum Gasteiger partial charge on any atom is -0.302 e. The average molecular weight is 131 g/mol. The fourth-order valence-electron chi connectivity index (χ4n) is 0.290. The van der Waals surface area contributed by atoms with E-state index in [1.165, 1.54) is 0 Å². The Bertz CT molecular complexity index is 125. The molecule has 0 aliphatic rings. The Labute approximate surface area is 50.8 Å². The zero-order valence-electron chi connectivity index (χ0n) is 4.52. The van der Waals surface area contributed by atoms with Crippen molar-refractivity contribution < 1.29 is 14.5 Å². The number of aldehydes is 2. The third kappa shape index (κ3) is 3.33. The molecule has 0 aromatic carbocycles. The summed E-state index contributed by atoms with van der Waals surface area (Å²) >= 11 is 0. The van der Waals surface area contributed by atoms with E-state index >= 15 is 0 Å². The van der Waals surface area contributed by atoms with E-state index in [-0.39, 0.29) is 12.6 Å². The van der Waals surface area contributed by atoms with Crippen LogP contribution in [0.3, 0.4) is 0 Å². The normalized spacial score (nSPS) is 9.00. The summed E-state index contributed by atoms with van der Waals surface area (Å²) < 4.78 is 0. The van der Waals surface area contributed by atoms with Crippen molar-refractivity contribution in [1.29, 1.82) is 0 Å². The summed E-state index contributed by atoms with van der Waals surface area (Å²) in [6.07, 6.45) is 0.519. The van der Waals surface area contributed by atoms with Gasteiger partial charge in [0.05, 0.1) is 0 Å². The predicted octanol–water partition coefficient (Wildman–Crippen LogP) is -0.723. The first-order valence-electron chi connectivity index (χ1n) is 2.23. The van der Waals surface area contributed by atoms with Crippen LogP contribution in [0, 0.1) is 16.0 Å². The monoisotopic (exact) mass is 131 g/mol. The Morgan fingerprint density at radius 2 is 1.89 bits per heavy atom. The van der Waals surface area contributed by atoms with E-state index in [9.17, 15) is 19.7 Å². The second-order valence-electron chi connectivity index (χ2n) is 1.45. The van der Waals surface area contributed by atoms with Gasteiger partial charge in [-0.15, -0.1) is 0 Å². The number of carbonyl (C=O) groups excluding carboxylic acids is 2.